The lowest BCUT2D eigenvalue weighted by molar-refractivity contribution is -0.145. The second-order valence-electron chi connectivity index (χ2n) is 10.4. The summed E-state index contributed by atoms with van der Waals surface area (Å²) in [4.78, 5) is 56.4. The number of fused-ring (bicyclic) bond motifs is 1. The molecule has 0 saturated carbocycles. The van der Waals surface area contributed by atoms with Gasteiger partial charge < -0.3 is 41.6 Å². The number of hydrogen-bond donors (Lipinski definition) is 7. The Labute approximate surface area is 236 Å². The quantitative estimate of drug-likeness (QED) is 0.173. The van der Waals surface area contributed by atoms with E-state index in [9.17, 15) is 34.5 Å². The number of likely N-dealkylation sites (tertiary alicyclic amines) is 1. The lowest BCUT2D eigenvalue weighted by Gasteiger charge is -2.30. The van der Waals surface area contributed by atoms with Crippen LogP contribution in [-0.4, -0.2) is 85.7 Å². The van der Waals surface area contributed by atoms with Gasteiger partial charge in [-0.2, -0.15) is 0 Å². The first-order chi connectivity index (χ1) is 19.5. The molecule has 0 spiro atoms. The number of nitrogens with one attached hydrogen (secondary N) is 3. The lowest BCUT2D eigenvalue weighted by atomic mass is 10.0. The van der Waals surface area contributed by atoms with Gasteiger partial charge in [0.15, 0.2) is 0 Å². The number of benzene rings is 2. The van der Waals surface area contributed by atoms with E-state index in [1.54, 1.807) is 18.3 Å². The minimum atomic E-state index is -1.26. The molecule has 41 heavy (non-hydrogen) atoms. The number of aromatic nitrogens is 1. The van der Waals surface area contributed by atoms with Gasteiger partial charge in [0, 0.05) is 36.5 Å². The summed E-state index contributed by atoms with van der Waals surface area (Å²) < 4.78 is 0. The van der Waals surface area contributed by atoms with Crippen LogP contribution in [0.5, 0.6) is 5.75 Å². The number of aliphatic hydroxyl groups excluding tert-OH is 1. The van der Waals surface area contributed by atoms with Crippen LogP contribution in [0.25, 0.3) is 10.9 Å². The van der Waals surface area contributed by atoms with Gasteiger partial charge in [-0.05, 0) is 49.1 Å². The highest BCUT2D eigenvalue weighted by molar-refractivity contribution is 5.95. The van der Waals surface area contributed by atoms with E-state index >= 15 is 0 Å². The van der Waals surface area contributed by atoms with Crippen molar-refractivity contribution in [2.45, 2.75) is 62.9 Å². The van der Waals surface area contributed by atoms with Crippen LogP contribution in [0.2, 0.25) is 0 Å². The second-order valence-corrected chi connectivity index (χ2v) is 10.4. The summed E-state index contributed by atoms with van der Waals surface area (Å²) in [6.45, 7) is 1.62. The molecule has 1 fully saturated rings. The molecule has 3 amide bonds. The first-order valence-electron chi connectivity index (χ1n) is 13.5. The Morgan fingerprint density at radius 3 is 2.44 bits per heavy atom. The van der Waals surface area contributed by atoms with Crippen LogP contribution in [0.3, 0.4) is 0 Å². The molecule has 5 unspecified atom stereocenters. The van der Waals surface area contributed by atoms with E-state index in [2.05, 4.69) is 15.6 Å². The fourth-order valence-electron chi connectivity index (χ4n) is 5.05. The van der Waals surface area contributed by atoms with Crippen LogP contribution >= 0.6 is 0 Å². The highest BCUT2D eigenvalue weighted by atomic mass is 16.4. The lowest BCUT2D eigenvalue weighted by Crippen LogP contribution is -2.58. The molecule has 1 aliphatic heterocycles. The number of rotatable bonds is 11. The van der Waals surface area contributed by atoms with Gasteiger partial charge in [-0.15, -0.1) is 0 Å². The number of aromatic amines is 1. The van der Waals surface area contributed by atoms with Crippen molar-refractivity contribution < 1.29 is 34.5 Å². The molecule has 8 N–H and O–H groups in total. The number of nitrogens with two attached hydrogens (primary N) is 1. The van der Waals surface area contributed by atoms with Gasteiger partial charge >= 0.3 is 5.97 Å². The number of aliphatic hydroxyl groups is 1. The molecule has 5 atom stereocenters. The van der Waals surface area contributed by atoms with Crippen molar-refractivity contribution in [1.29, 1.82) is 0 Å². The molecule has 0 radical (unpaired) electrons. The smallest absolute Gasteiger partial charge is 0.326 e. The molecule has 0 bridgehead atoms. The maximum atomic E-state index is 13.9. The Morgan fingerprint density at radius 1 is 1.05 bits per heavy atom. The van der Waals surface area contributed by atoms with Crippen molar-refractivity contribution in [3.8, 4) is 5.75 Å². The SMILES string of the molecule is CC(O)C(N)C(=O)NC(Cc1c[nH]c2ccccc12)C(=O)N1CCCC1C(=O)NC(Cc1ccc(O)cc1)C(=O)O. The molecule has 0 aliphatic carbocycles. The molecule has 3 aromatic rings. The number of aliphatic carboxylic acids is 1. The first-order valence-corrected chi connectivity index (χ1v) is 13.5. The number of phenolic OH excluding ortho intramolecular Hbond substituents is 1. The van der Waals surface area contributed by atoms with Crippen molar-refractivity contribution >= 4 is 34.6 Å². The number of aromatic hydroxyl groups is 1. The van der Waals surface area contributed by atoms with Crippen molar-refractivity contribution in [3.05, 3.63) is 65.9 Å². The third-order valence-corrected chi connectivity index (χ3v) is 7.37. The molecule has 12 heteroatoms. The van der Waals surface area contributed by atoms with Crippen molar-refractivity contribution in [1.82, 2.24) is 20.5 Å². The summed E-state index contributed by atoms with van der Waals surface area (Å²) >= 11 is 0. The largest absolute Gasteiger partial charge is 0.508 e. The third kappa shape index (κ3) is 7.02. The molecule has 4 rings (SSSR count). The fourth-order valence-corrected chi connectivity index (χ4v) is 5.05. The molecular weight excluding hydrogens is 530 g/mol. The number of carbonyl (C=O) groups is 4. The number of amides is 3. The van der Waals surface area contributed by atoms with Crippen LogP contribution in [0.15, 0.2) is 54.7 Å². The Bertz CT molecular complexity index is 1400. The monoisotopic (exact) mass is 565 g/mol. The Balaban J connectivity index is 1.53. The second kappa shape index (κ2) is 12.8. The zero-order valence-corrected chi connectivity index (χ0v) is 22.6. The average molecular weight is 566 g/mol. The van der Waals surface area contributed by atoms with E-state index < -0.39 is 54.0 Å². The van der Waals surface area contributed by atoms with Crippen molar-refractivity contribution in [3.63, 3.8) is 0 Å². The third-order valence-electron chi connectivity index (χ3n) is 7.37. The topological polar surface area (TPSA) is 198 Å². The number of para-hydroxylation sites is 1. The van der Waals surface area contributed by atoms with E-state index in [0.29, 0.717) is 18.4 Å². The summed E-state index contributed by atoms with van der Waals surface area (Å²) in [6.07, 6.45) is 1.53. The summed E-state index contributed by atoms with van der Waals surface area (Å²) in [5, 5.41) is 35.1. The van der Waals surface area contributed by atoms with Crippen LogP contribution in [-0.2, 0) is 32.0 Å². The zero-order chi connectivity index (χ0) is 29.7. The first kappa shape index (κ1) is 29.6. The normalized spacial score (nSPS) is 17.9. The summed E-state index contributed by atoms with van der Waals surface area (Å²) in [7, 11) is 0. The van der Waals surface area contributed by atoms with Crippen molar-refractivity contribution in [2.24, 2.45) is 5.73 Å². The van der Waals surface area contributed by atoms with E-state index in [1.807, 2.05) is 24.3 Å². The summed E-state index contributed by atoms with van der Waals surface area (Å²) in [6, 6.07) is 8.95. The van der Waals surface area contributed by atoms with Crippen LogP contribution in [0, 0.1) is 0 Å². The van der Waals surface area contributed by atoms with Gasteiger partial charge in [0.25, 0.3) is 0 Å². The molecule has 1 aliphatic rings. The molecule has 218 valence electrons. The van der Waals surface area contributed by atoms with Crippen molar-refractivity contribution in [2.75, 3.05) is 6.54 Å². The minimum absolute atomic E-state index is 0.0154. The number of hydrogen-bond acceptors (Lipinski definition) is 7. The van der Waals surface area contributed by atoms with Crippen LogP contribution in [0.1, 0.15) is 30.9 Å². The van der Waals surface area contributed by atoms with E-state index in [4.69, 9.17) is 5.73 Å². The molecular formula is C29H35N5O7. The van der Waals surface area contributed by atoms with Gasteiger partial charge in [-0.1, -0.05) is 30.3 Å². The molecule has 1 saturated heterocycles. The number of carboxylic acids is 1. The number of phenols is 1. The van der Waals surface area contributed by atoms with Gasteiger partial charge in [0.1, 0.15) is 29.9 Å². The fraction of sp³-hybridized carbons (Fsp3) is 0.379. The summed E-state index contributed by atoms with van der Waals surface area (Å²) in [5.41, 5.74) is 8.05. The molecule has 2 aromatic carbocycles. The van der Waals surface area contributed by atoms with E-state index in [1.165, 1.54) is 24.0 Å². The molecule has 12 nitrogen and oxygen atoms in total. The summed E-state index contributed by atoms with van der Waals surface area (Å²) in [5.74, 6) is -3.03. The Hall–Kier alpha value is -4.42. The van der Waals surface area contributed by atoms with Gasteiger partial charge in [-0.25, -0.2) is 4.79 Å². The van der Waals surface area contributed by atoms with Gasteiger partial charge in [0.05, 0.1) is 6.10 Å². The number of carbonyl (C=O) groups excluding carboxylic acids is 3. The van der Waals surface area contributed by atoms with E-state index in [0.717, 1.165) is 16.5 Å². The number of carboxylic acid groups (broad SMARTS) is 1. The average Bonchev–Trinajstić information content (AvgIpc) is 3.60. The zero-order valence-electron chi connectivity index (χ0n) is 22.6. The number of H-pyrrole nitrogens is 1. The standard InChI is InChI=1S/C29H35N5O7/c1-16(35)25(30)27(38)32-22(14-18-15-31-21-6-3-2-5-20(18)21)28(39)34-12-4-7-24(34)26(37)33-23(29(40)41)13-17-8-10-19(36)11-9-17/h2-3,5-6,8-11,15-16,22-25,31,35-36H,4,7,12-14,30H2,1H3,(H,32,38)(H,33,37)(H,40,41). The predicted molar refractivity (Wildman–Crippen MR) is 150 cm³/mol. The maximum absolute atomic E-state index is 13.9. The van der Waals surface area contributed by atoms with E-state index in [-0.39, 0.29) is 25.1 Å². The maximum Gasteiger partial charge on any atom is 0.326 e. The predicted octanol–water partition coefficient (Wildman–Crippen LogP) is 0.412. The Morgan fingerprint density at radius 2 is 1.76 bits per heavy atom. The number of nitrogens with zero attached hydrogens (tertiary/aromatic N) is 1. The van der Waals surface area contributed by atoms with Crippen LogP contribution < -0.4 is 16.4 Å². The minimum Gasteiger partial charge on any atom is -0.508 e. The van der Waals surface area contributed by atoms with Crippen LogP contribution in [0.4, 0.5) is 0 Å². The highest BCUT2D eigenvalue weighted by Crippen LogP contribution is 2.23. The highest BCUT2D eigenvalue weighted by Gasteiger charge is 2.39. The Kier molecular flexibility index (Phi) is 9.25. The van der Waals surface area contributed by atoms with Gasteiger partial charge in [-0.3, -0.25) is 14.4 Å². The van der Waals surface area contributed by atoms with Gasteiger partial charge in [0.2, 0.25) is 17.7 Å². The molecule has 2 heterocycles. The molecule has 1 aromatic heterocycles.